The Hall–Kier alpha value is -1.59. The largest absolute Gasteiger partial charge is 0.411 e. The number of alkyl halides is 3. The van der Waals surface area contributed by atoms with E-state index in [4.69, 9.17) is 18.9 Å². The molecule has 0 radical (unpaired) electrons. The molecule has 5 aliphatic rings. The van der Waals surface area contributed by atoms with E-state index in [0.29, 0.717) is 31.6 Å². The fourth-order valence-electron chi connectivity index (χ4n) is 7.11. The van der Waals surface area contributed by atoms with Gasteiger partial charge in [0.2, 0.25) is 5.79 Å². The van der Waals surface area contributed by atoms with Gasteiger partial charge in [0.1, 0.15) is 11.6 Å². The van der Waals surface area contributed by atoms with Gasteiger partial charge < -0.3 is 19.0 Å². The standard InChI is InChI=1S/C32H45F3N2O4Si/c1-19(2)27-26-25(24-21(37-27)16-29(10-11-29)17-22(24)40-42(6,7)28(3,4)5)30(12-14-39-15-13-30)41-31(26,38)20-8-9-23(36-18-20)32(33,34)35/h8,18-19,22-23,38H,9-17H2,1-7H3. The van der Waals surface area contributed by atoms with E-state index in [9.17, 15) is 18.3 Å². The highest BCUT2D eigenvalue weighted by Gasteiger charge is 2.61. The molecule has 1 N–H and O–H groups in total. The van der Waals surface area contributed by atoms with Crippen molar-refractivity contribution in [3.63, 3.8) is 0 Å². The molecule has 0 amide bonds. The summed E-state index contributed by atoms with van der Waals surface area (Å²) in [5.41, 5.74) is 3.91. The molecule has 2 fully saturated rings. The Kier molecular flexibility index (Phi) is 7.03. The first-order chi connectivity index (χ1) is 19.4. The molecular formula is C32H45F3N2O4Si. The average molecular weight is 607 g/mol. The van der Waals surface area contributed by atoms with Crippen molar-refractivity contribution in [1.82, 2.24) is 4.98 Å². The van der Waals surface area contributed by atoms with Crippen molar-refractivity contribution in [2.75, 3.05) is 13.2 Å². The van der Waals surface area contributed by atoms with Crippen LogP contribution in [0.3, 0.4) is 0 Å². The summed E-state index contributed by atoms with van der Waals surface area (Å²) < 4.78 is 60.3. The fourth-order valence-corrected chi connectivity index (χ4v) is 8.37. The first-order valence-electron chi connectivity index (χ1n) is 15.5. The second kappa shape index (κ2) is 9.70. The zero-order chi connectivity index (χ0) is 30.5. The molecule has 1 saturated heterocycles. The van der Waals surface area contributed by atoms with Crippen molar-refractivity contribution in [3.8, 4) is 0 Å². The van der Waals surface area contributed by atoms with E-state index in [2.05, 4.69) is 38.9 Å². The van der Waals surface area contributed by atoms with Crippen molar-refractivity contribution in [1.29, 1.82) is 0 Å². The molecule has 6 nitrogen and oxygen atoms in total. The Morgan fingerprint density at radius 1 is 1.07 bits per heavy atom. The van der Waals surface area contributed by atoms with Crippen LogP contribution in [0.25, 0.3) is 0 Å². The Morgan fingerprint density at radius 3 is 2.26 bits per heavy atom. The minimum absolute atomic E-state index is 0.00178. The van der Waals surface area contributed by atoms with Gasteiger partial charge in [0.05, 0.1) is 11.8 Å². The Labute approximate surface area is 248 Å². The minimum atomic E-state index is -4.45. The third kappa shape index (κ3) is 4.84. The summed E-state index contributed by atoms with van der Waals surface area (Å²) in [5, 5.41) is 12.6. The predicted molar refractivity (Wildman–Crippen MR) is 157 cm³/mol. The summed E-state index contributed by atoms with van der Waals surface area (Å²) in [6.07, 6.45) is 2.78. The lowest BCUT2D eigenvalue weighted by molar-refractivity contribution is -0.251. The predicted octanol–water partition coefficient (Wildman–Crippen LogP) is 7.51. The second-order valence-corrected chi connectivity index (χ2v) is 19.8. The van der Waals surface area contributed by atoms with Gasteiger partial charge >= 0.3 is 6.18 Å². The van der Waals surface area contributed by atoms with Gasteiger partial charge in [0, 0.05) is 60.2 Å². The van der Waals surface area contributed by atoms with Crippen LogP contribution in [-0.2, 0) is 31.7 Å². The number of rotatable bonds is 4. The lowest BCUT2D eigenvalue weighted by Crippen LogP contribution is -2.44. The Bertz CT molecular complexity index is 1320. The summed E-state index contributed by atoms with van der Waals surface area (Å²) in [5.74, 6) is -2.01. The van der Waals surface area contributed by atoms with E-state index in [1.165, 1.54) is 6.08 Å². The van der Waals surface area contributed by atoms with Gasteiger partial charge in [-0.05, 0) is 61.6 Å². The highest BCUT2D eigenvalue weighted by molar-refractivity contribution is 6.74. The molecule has 1 aromatic rings. The molecule has 2 aliphatic carbocycles. The smallest absolute Gasteiger partial charge is 0.410 e. The molecule has 3 aliphatic heterocycles. The molecule has 3 atom stereocenters. The number of hydrogen-bond acceptors (Lipinski definition) is 6. The van der Waals surface area contributed by atoms with E-state index in [-0.39, 0.29) is 34.5 Å². The van der Waals surface area contributed by atoms with E-state index in [0.717, 1.165) is 54.4 Å². The third-order valence-corrected chi connectivity index (χ3v) is 15.2. The van der Waals surface area contributed by atoms with Gasteiger partial charge in [0.15, 0.2) is 8.32 Å². The van der Waals surface area contributed by atoms with E-state index >= 15 is 0 Å². The number of fused-ring (bicyclic) bond motifs is 4. The van der Waals surface area contributed by atoms with Gasteiger partial charge in [0.25, 0.3) is 0 Å². The minimum Gasteiger partial charge on any atom is -0.410 e. The maximum absolute atomic E-state index is 13.5. The number of pyridine rings is 1. The zero-order valence-electron chi connectivity index (χ0n) is 26.0. The maximum Gasteiger partial charge on any atom is 0.411 e. The number of hydrogen-bond donors (Lipinski definition) is 1. The Morgan fingerprint density at radius 2 is 1.74 bits per heavy atom. The number of halogens is 3. The Balaban J connectivity index is 1.58. The highest BCUT2D eigenvalue weighted by atomic mass is 28.4. The summed E-state index contributed by atoms with van der Waals surface area (Å²) in [6.45, 7) is 16.3. The summed E-state index contributed by atoms with van der Waals surface area (Å²) in [7, 11) is -2.21. The van der Waals surface area contributed by atoms with Gasteiger partial charge in [-0.1, -0.05) is 40.7 Å². The molecule has 232 valence electrons. The summed E-state index contributed by atoms with van der Waals surface area (Å²) >= 11 is 0. The number of ether oxygens (including phenoxy) is 2. The van der Waals surface area contributed by atoms with Crippen LogP contribution in [0.2, 0.25) is 18.1 Å². The van der Waals surface area contributed by atoms with E-state index in [1.807, 2.05) is 13.8 Å². The van der Waals surface area contributed by atoms with Crippen LogP contribution in [0.1, 0.15) is 113 Å². The zero-order valence-corrected chi connectivity index (χ0v) is 27.0. The monoisotopic (exact) mass is 606 g/mol. The van der Waals surface area contributed by atoms with Crippen LogP contribution in [0, 0.1) is 5.41 Å². The lowest BCUT2D eigenvalue weighted by atomic mass is 9.72. The average Bonchev–Trinajstić information content (AvgIpc) is 3.58. The lowest BCUT2D eigenvalue weighted by Gasteiger charge is -2.44. The van der Waals surface area contributed by atoms with Crippen molar-refractivity contribution in [2.24, 2.45) is 10.4 Å². The molecular weight excluding hydrogens is 561 g/mol. The van der Waals surface area contributed by atoms with Crippen LogP contribution in [0.5, 0.6) is 0 Å². The molecule has 42 heavy (non-hydrogen) atoms. The molecule has 2 spiro atoms. The fraction of sp³-hybridized carbons (Fsp3) is 0.750. The SMILES string of the molecule is CC(C)c1nc2c(c3c1C(O)(C1=CCC(C(F)(F)F)N=C1)OC31CCOCC1)C(O[Si](C)(C)C(C)(C)C)CC1(CC1)C2. The molecule has 4 heterocycles. The molecule has 3 unspecified atom stereocenters. The van der Waals surface area contributed by atoms with Crippen molar-refractivity contribution in [2.45, 2.75) is 133 Å². The first-order valence-corrected chi connectivity index (χ1v) is 18.4. The van der Waals surface area contributed by atoms with E-state index in [1.54, 1.807) is 0 Å². The highest BCUT2D eigenvalue weighted by Crippen LogP contribution is 2.64. The van der Waals surface area contributed by atoms with E-state index < -0.39 is 31.9 Å². The number of dihydropyridines is 1. The van der Waals surface area contributed by atoms with Crippen LogP contribution in [0.4, 0.5) is 13.2 Å². The van der Waals surface area contributed by atoms with Crippen molar-refractivity contribution < 1.29 is 32.2 Å². The first kappa shape index (κ1) is 30.4. The van der Waals surface area contributed by atoms with Gasteiger partial charge in [-0.2, -0.15) is 13.2 Å². The molecule has 0 bridgehead atoms. The third-order valence-electron chi connectivity index (χ3n) is 10.7. The summed E-state index contributed by atoms with van der Waals surface area (Å²) in [4.78, 5) is 9.13. The summed E-state index contributed by atoms with van der Waals surface area (Å²) in [6, 6.07) is -1.83. The maximum atomic E-state index is 13.5. The second-order valence-electron chi connectivity index (χ2n) is 15.1. The normalized spacial score (nSPS) is 30.0. The molecule has 6 rings (SSSR count). The molecule has 1 aromatic heterocycles. The van der Waals surface area contributed by atoms with Crippen LogP contribution >= 0.6 is 0 Å². The number of aliphatic hydroxyl groups is 1. The van der Waals surface area contributed by atoms with Crippen molar-refractivity contribution in [3.05, 3.63) is 39.7 Å². The van der Waals surface area contributed by atoms with Crippen LogP contribution in [0.15, 0.2) is 16.6 Å². The van der Waals surface area contributed by atoms with Crippen LogP contribution < -0.4 is 0 Å². The number of nitrogens with zero attached hydrogens (tertiary/aromatic N) is 2. The quantitative estimate of drug-likeness (QED) is 0.359. The van der Waals surface area contributed by atoms with Gasteiger partial charge in [-0.25, -0.2) is 0 Å². The number of aliphatic imine (C=N–C) groups is 1. The van der Waals surface area contributed by atoms with Gasteiger partial charge in [-0.15, -0.1) is 0 Å². The molecule has 1 saturated carbocycles. The topological polar surface area (TPSA) is 73.2 Å². The van der Waals surface area contributed by atoms with Gasteiger partial charge in [-0.3, -0.25) is 9.98 Å². The van der Waals surface area contributed by atoms with Crippen LogP contribution in [-0.4, -0.2) is 50.1 Å². The molecule has 0 aromatic carbocycles. The van der Waals surface area contributed by atoms with Crippen molar-refractivity contribution >= 4 is 14.5 Å². The number of aromatic nitrogens is 1. The molecule has 10 heteroatoms.